The minimum absolute atomic E-state index is 0.000918. The summed E-state index contributed by atoms with van der Waals surface area (Å²) in [5.41, 5.74) is -0.867. The third kappa shape index (κ3) is 3.31. The van der Waals surface area contributed by atoms with Crippen LogP contribution in [0.2, 0.25) is 0 Å². The number of unbranched alkanes of at least 4 members (excludes halogenated alkanes) is 1. The van der Waals surface area contributed by atoms with Crippen LogP contribution < -0.4 is 0 Å². The summed E-state index contributed by atoms with van der Waals surface area (Å²) in [6, 6.07) is 0. The number of hydrogen-bond acceptors (Lipinski definition) is 4. The van der Waals surface area contributed by atoms with Crippen LogP contribution in [0.5, 0.6) is 0 Å². The molecular weight excluding hydrogens is 232 g/mol. The largest absolute Gasteiger partial charge is 0.481 e. The van der Waals surface area contributed by atoms with Crippen molar-refractivity contribution in [3.63, 3.8) is 0 Å². The number of aliphatic carboxylic acids is 1. The van der Waals surface area contributed by atoms with Crippen LogP contribution in [0.15, 0.2) is 4.52 Å². The van der Waals surface area contributed by atoms with Gasteiger partial charge in [0.2, 0.25) is 5.89 Å². The Morgan fingerprint density at radius 3 is 2.67 bits per heavy atom. The molecule has 0 saturated heterocycles. The first-order valence-corrected chi connectivity index (χ1v) is 6.45. The Hall–Kier alpha value is -1.39. The number of carboxylic acids is 1. The number of hydrogen-bond donors (Lipinski definition) is 1. The van der Waals surface area contributed by atoms with Gasteiger partial charge >= 0.3 is 5.97 Å². The third-order valence-electron chi connectivity index (χ3n) is 3.55. The lowest BCUT2D eigenvalue weighted by Gasteiger charge is -2.27. The molecule has 0 amide bonds. The van der Waals surface area contributed by atoms with Crippen molar-refractivity contribution in [2.24, 2.45) is 11.3 Å². The van der Waals surface area contributed by atoms with E-state index < -0.39 is 11.4 Å². The first-order chi connectivity index (χ1) is 8.40. The van der Waals surface area contributed by atoms with Gasteiger partial charge in [0, 0.05) is 12.8 Å². The molecule has 0 aliphatic heterocycles. The lowest BCUT2D eigenvalue weighted by atomic mass is 9.76. The normalized spacial score (nSPS) is 14.7. The van der Waals surface area contributed by atoms with Gasteiger partial charge in [0.25, 0.3) is 0 Å². The first-order valence-electron chi connectivity index (χ1n) is 6.45. The van der Waals surface area contributed by atoms with E-state index in [9.17, 15) is 9.90 Å². The molecule has 0 fully saturated rings. The average molecular weight is 254 g/mol. The molecule has 0 aromatic carbocycles. The molecule has 0 radical (unpaired) electrons. The Morgan fingerprint density at radius 1 is 1.50 bits per heavy atom. The second-order valence-electron chi connectivity index (χ2n) is 5.26. The summed E-state index contributed by atoms with van der Waals surface area (Å²) in [7, 11) is 0. The molecule has 0 aliphatic rings. The van der Waals surface area contributed by atoms with Gasteiger partial charge in [0.15, 0.2) is 5.82 Å². The van der Waals surface area contributed by atoms with Crippen LogP contribution in [0.3, 0.4) is 0 Å². The standard InChI is InChI=1S/C13H22N2O3/c1-5-6-7-10-14-11(18-15-10)8-13(4,9(2)3)12(16)17/h9H,5-8H2,1-4H3,(H,16,17). The van der Waals surface area contributed by atoms with Crippen LogP contribution in [0.25, 0.3) is 0 Å². The molecule has 18 heavy (non-hydrogen) atoms. The van der Waals surface area contributed by atoms with Gasteiger partial charge in [-0.1, -0.05) is 32.3 Å². The summed E-state index contributed by atoms with van der Waals surface area (Å²) in [6.07, 6.45) is 3.15. The predicted molar refractivity (Wildman–Crippen MR) is 67.2 cm³/mol. The van der Waals surface area contributed by atoms with Crippen molar-refractivity contribution in [1.29, 1.82) is 0 Å². The molecule has 5 nitrogen and oxygen atoms in total. The summed E-state index contributed by atoms with van der Waals surface area (Å²) in [4.78, 5) is 15.6. The predicted octanol–water partition coefficient (Wildman–Crippen LogP) is 2.70. The maximum atomic E-state index is 11.4. The zero-order valence-corrected chi connectivity index (χ0v) is 11.6. The number of aryl methyl sites for hydroxylation is 1. The van der Waals surface area contributed by atoms with Crippen molar-refractivity contribution in [2.75, 3.05) is 0 Å². The van der Waals surface area contributed by atoms with E-state index in [0.717, 1.165) is 19.3 Å². The van der Waals surface area contributed by atoms with Crippen molar-refractivity contribution in [1.82, 2.24) is 10.1 Å². The Kier molecular flexibility index (Phi) is 4.87. The molecule has 1 heterocycles. The Bertz CT molecular complexity index is 401. The van der Waals surface area contributed by atoms with Crippen LogP contribution in [-0.4, -0.2) is 21.2 Å². The van der Waals surface area contributed by atoms with E-state index in [0.29, 0.717) is 11.7 Å². The second-order valence-corrected chi connectivity index (χ2v) is 5.26. The molecular formula is C13H22N2O3. The van der Waals surface area contributed by atoms with Crippen LogP contribution >= 0.6 is 0 Å². The van der Waals surface area contributed by atoms with Gasteiger partial charge in [-0.15, -0.1) is 0 Å². The van der Waals surface area contributed by atoms with Gasteiger partial charge < -0.3 is 9.63 Å². The third-order valence-corrected chi connectivity index (χ3v) is 3.55. The smallest absolute Gasteiger partial charge is 0.310 e. The van der Waals surface area contributed by atoms with Gasteiger partial charge in [-0.3, -0.25) is 4.79 Å². The number of carboxylic acid groups (broad SMARTS) is 1. The fourth-order valence-electron chi connectivity index (χ4n) is 1.64. The average Bonchev–Trinajstić information content (AvgIpc) is 2.73. The Balaban J connectivity index is 2.76. The van der Waals surface area contributed by atoms with Crippen molar-refractivity contribution in [2.45, 2.75) is 53.4 Å². The first kappa shape index (κ1) is 14.7. The summed E-state index contributed by atoms with van der Waals surface area (Å²) in [5, 5.41) is 13.2. The van der Waals surface area contributed by atoms with E-state index in [2.05, 4.69) is 17.1 Å². The summed E-state index contributed by atoms with van der Waals surface area (Å²) >= 11 is 0. The fourth-order valence-corrected chi connectivity index (χ4v) is 1.64. The Morgan fingerprint density at radius 2 is 2.17 bits per heavy atom. The van der Waals surface area contributed by atoms with Crippen LogP contribution in [0.1, 0.15) is 52.3 Å². The lowest BCUT2D eigenvalue weighted by Crippen LogP contribution is -2.35. The highest BCUT2D eigenvalue weighted by atomic mass is 16.5. The number of aromatic nitrogens is 2. The molecule has 0 spiro atoms. The van der Waals surface area contributed by atoms with Crippen molar-refractivity contribution >= 4 is 5.97 Å². The van der Waals surface area contributed by atoms with Gasteiger partial charge in [-0.25, -0.2) is 0 Å². The highest BCUT2D eigenvalue weighted by Crippen LogP contribution is 2.31. The molecule has 0 saturated carbocycles. The number of carbonyl (C=O) groups is 1. The molecule has 1 atom stereocenters. The maximum absolute atomic E-state index is 11.4. The van der Waals surface area contributed by atoms with E-state index in [-0.39, 0.29) is 12.3 Å². The van der Waals surface area contributed by atoms with E-state index in [1.54, 1.807) is 6.92 Å². The zero-order valence-electron chi connectivity index (χ0n) is 11.6. The minimum atomic E-state index is -0.867. The SMILES string of the molecule is CCCCc1noc(CC(C)(C(=O)O)C(C)C)n1. The topological polar surface area (TPSA) is 76.2 Å². The van der Waals surface area contributed by atoms with E-state index in [1.165, 1.54) is 0 Å². The van der Waals surface area contributed by atoms with Crippen LogP contribution in [-0.2, 0) is 17.6 Å². The monoisotopic (exact) mass is 254 g/mol. The summed E-state index contributed by atoms with van der Waals surface area (Å²) < 4.78 is 5.13. The van der Waals surface area contributed by atoms with Crippen LogP contribution in [0.4, 0.5) is 0 Å². The van der Waals surface area contributed by atoms with Crippen molar-refractivity contribution in [3.05, 3.63) is 11.7 Å². The summed E-state index contributed by atoms with van der Waals surface area (Å²) in [5.74, 6) is 0.259. The Labute approximate surface area is 108 Å². The number of nitrogens with zero attached hydrogens (tertiary/aromatic N) is 2. The van der Waals surface area contributed by atoms with Gasteiger partial charge in [0.05, 0.1) is 5.41 Å². The highest BCUT2D eigenvalue weighted by Gasteiger charge is 2.38. The van der Waals surface area contributed by atoms with Gasteiger partial charge in [-0.2, -0.15) is 4.98 Å². The summed E-state index contributed by atoms with van der Waals surface area (Å²) in [6.45, 7) is 7.60. The molecule has 1 N–H and O–H groups in total. The van der Waals surface area contributed by atoms with Crippen molar-refractivity contribution < 1.29 is 14.4 Å². The molecule has 1 rings (SSSR count). The second kappa shape index (κ2) is 5.98. The fraction of sp³-hybridized carbons (Fsp3) is 0.769. The molecule has 0 bridgehead atoms. The van der Waals surface area contributed by atoms with Gasteiger partial charge in [-0.05, 0) is 19.3 Å². The molecule has 1 aromatic heterocycles. The maximum Gasteiger partial charge on any atom is 0.310 e. The number of rotatable bonds is 7. The van der Waals surface area contributed by atoms with Gasteiger partial charge in [0.1, 0.15) is 0 Å². The molecule has 1 aromatic rings. The molecule has 5 heteroatoms. The highest BCUT2D eigenvalue weighted by molar-refractivity contribution is 5.74. The minimum Gasteiger partial charge on any atom is -0.481 e. The molecule has 0 aliphatic carbocycles. The van der Waals surface area contributed by atoms with Crippen molar-refractivity contribution in [3.8, 4) is 0 Å². The molecule has 102 valence electrons. The zero-order chi connectivity index (χ0) is 13.8. The lowest BCUT2D eigenvalue weighted by molar-refractivity contribution is -0.150. The quantitative estimate of drug-likeness (QED) is 0.809. The van der Waals surface area contributed by atoms with E-state index >= 15 is 0 Å². The van der Waals surface area contributed by atoms with Crippen LogP contribution in [0, 0.1) is 11.3 Å². The molecule has 1 unspecified atom stereocenters. The van der Waals surface area contributed by atoms with E-state index in [4.69, 9.17) is 4.52 Å². The van der Waals surface area contributed by atoms with E-state index in [1.807, 2.05) is 13.8 Å².